The molecule has 4 nitrogen and oxygen atoms in total. The summed E-state index contributed by atoms with van der Waals surface area (Å²) in [5.74, 6) is 0.568. The lowest BCUT2D eigenvalue weighted by Crippen LogP contribution is -2.24. The molecule has 0 heterocycles. The van der Waals surface area contributed by atoms with Gasteiger partial charge in [-0.15, -0.1) is 0 Å². The highest BCUT2D eigenvalue weighted by Gasteiger charge is 2.04. The van der Waals surface area contributed by atoms with Gasteiger partial charge in [-0.1, -0.05) is 22.9 Å². The molecule has 1 aromatic carbocycles. The fourth-order valence-corrected chi connectivity index (χ4v) is 1.78. The highest BCUT2D eigenvalue weighted by molar-refractivity contribution is 9.10. The maximum atomic E-state index is 11.1. The molecule has 1 amide bonds. The van der Waals surface area contributed by atoms with E-state index in [1.165, 1.54) is 0 Å². The Hall–Kier alpha value is -1.07. The fraction of sp³-hybridized carbons (Fsp3) is 0.462. The van der Waals surface area contributed by atoms with Crippen molar-refractivity contribution in [3.63, 3.8) is 0 Å². The van der Waals surface area contributed by atoms with Gasteiger partial charge in [-0.25, -0.2) is 0 Å². The van der Waals surface area contributed by atoms with Gasteiger partial charge in [0.2, 0.25) is 0 Å². The lowest BCUT2D eigenvalue weighted by atomic mass is 10.2. The average Bonchev–Trinajstić information content (AvgIpc) is 2.39. The third kappa shape index (κ3) is 5.06. The lowest BCUT2D eigenvalue weighted by Gasteiger charge is -2.10. The van der Waals surface area contributed by atoms with E-state index in [9.17, 15) is 4.79 Å². The smallest absolute Gasteiger partial charge is 0.257 e. The minimum atomic E-state index is -0.136. The van der Waals surface area contributed by atoms with Gasteiger partial charge in [-0.05, 0) is 36.7 Å². The number of carbonyl (C=O) groups is 1. The van der Waals surface area contributed by atoms with Gasteiger partial charge in [0.05, 0.1) is 0 Å². The fourth-order valence-electron chi connectivity index (χ4n) is 1.40. The Morgan fingerprint density at radius 3 is 2.89 bits per heavy atom. The van der Waals surface area contributed by atoms with Gasteiger partial charge in [0.15, 0.2) is 6.61 Å². The molecule has 0 unspecified atom stereocenters. The van der Waals surface area contributed by atoms with Crippen LogP contribution < -0.4 is 15.4 Å². The number of hydrogen-bond acceptors (Lipinski definition) is 3. The van der Waals surface area contributed by atoms with Gasteiger partial charge >= 0.3 is 0 Å². The number of likely N-dealkylation sites (N-methyl/N-ethyl adjacent to an activating group) is 1. The maximum Gasteiger partial charge on any atom is 0.257 e. The first-order valence-corrected chi connectivity index (χ1v) is 6.79. The molecule has 18 heavy (non-hydrogen) atoms. The number of benzene rings is 1. The predicted molar refractivity (Wildman–Crippen MR) is 75.7 cm³/mol. The monoisotopic (exact) mass is 314 g/mol. The first-order chi connectivity index (χ1) is 8.67. The summed E-state index contributed by atoms with van der Waals surface area (Å²) in [6.07, 6.45) is 1.10. The minimum absolute atomic E-state index is 0.0416. The molecular weight excluding hydrogens is 296 g/mol. The van der Waals surface area contributed by atoms with Crippen molar-refractivity contribution in [3.8, 4) is 5.75 Å². The molecule has 1 rings (SSSR count). The summed E-state index contributed by atoms with van der Waals surface area (Å²) < 4.78 is 6.44. The van der Waals surface area contributed by atoms with Crippen molar-refractivity contribution in [3.05, 3.63) is 28.2 Å². The summed E-state index contributed by atoms with van der Waals surface area (Å²) in [5, 5.41) is 5.85. The normalized spacial score (nSPS) is 10.2. The number of rotatable bonds is 7. The largest absolute Gasteiger partial charge is 0.484 e. The van der Waals surface area contributed by atoms with Gasteiger partial charge in [-0.2, -0.15) is 0 Å². The van der Waals surface area contributed by atoms with E-state index in [2.05, 4.69) is 33.5 Å². The maximum absolute atomic E-state index is 11.1. The molecule has 0 radical (unpaired) electrons. The molecule has 2 N–H and O–H groups in total. The molecular formula is C13H19BrN2O2. The molecule has 100 valence electrons. The Morgan fingerprint density at radius 2 is 2.22 bits per heavy atom. The molecule has 0 aliphatic heterocycles. The standard InChI is InChI=1S/C13H19BrN2O2/c1-3-6-16-8-10-7-11(4-5-12(10)14)18-9-13(17)15-2/h4-5,7,16H,3,6,8-9H2,1-2H3,(H,15,17). The summed E-state index contributed by atoms with van der Waals surface area (Å²) in [4.78, 5) is 11.1. The van der Waals surface area contributed by atoms with Crippen LogP contribution in [0.1, 0.15) is 18.9 Å². The van der Waals surface area contributed by atoms with Gasteiger partial charge in [-0.3, -0.25) is 4.79 Å². The van der Waals surface area contributed by atoms with Crippen LogP contribution in [0.3, 0.4) is 0 Å². The molecule has 0 aromatic heterocycles. The average molecular weight is 315 g/mol. The third-order valence-corrected chi connectivity index (χ3v) is 3.18. The number of hydrogen-bond donors (Lipinski definition) is 2. The summed E-state index contributed by atoms with van der Waals surface area (Å²) in [6.45, 7) is 3.94. The Labute approximate surface area is 116 Å². The SMILES string of the molecule is CCCNCc1cc(OCC(=O)NC)ccc1Br. The Kier molecular flexibility index (Phi) is 6.75. The van der Waals surface area contributed by atoms with Gasteiger partial charge in [0.1, 0.15) is 5.75 Å². The van der Waals surface area contributed by atoms with Gasteiger partial charge in [0.25, 0.3) is 5.91 Å². The molecule has 0 aliphatic rings. The van der Waals surface area contributed by atoms with Crippen molar-refractivity contribution < 1.29 is 9.53 Å². The van der Waals surface area contributed by atoms with E-state index in [1.54, 1.807) is 7.05 Å². The molecule has 0 aliphatic carbocycles. The zero-order chi connectivity index (χ0) is 13.4. The molecule has 0 atom stereocenters. The van der Waals surface area contributed by atoms with Gasteiger partial charge in [0, 0.05) is 18.1 Å². The van der Waals surface area contributed by atoms with Gasteiger partial charge < -0.3 is 15.4 Å². The van der Waals surface area contributed by atoms with E-state index in [-0.39, 0.29) is 12.5 Å². The van der Waals surface area contributed by atoms with E-state index in [1.807, 2.05) is 18.2 Å². The second-order valence-electron chi connectivity index (χ2n) is 3.89. The van der Waals surface area contributed by atoms with Crippen molar-refractivity contribution in [2.75, 3.05) is 20.2 Å². The summed E-state index contributed by atoms with van der Waals surface area (Å²) >= 11 is 3.50. The number of amides is 1. The lowest BCUT2D eigenvalue weighted by molar-refractivity contribution is -0.122. The highest BCUT2D eigenvalue weighted by Crippen LogP contribution is 2.22. The third-order valence-electron chi connectivity index (χ3n) is 2.41. The minimum Gasteiger partial charge on any atom is -0.484 e. The van der Waals surface area contributed by atoms with Crippen LogP contribution in [0.25, 0.3) is 0 Å². The molecule has 0 fully saturated rings. The summed E-state index contributed by atoms with van der Waals surface area (Å²) in [7, 11) is 1.59. The molecule has 0 saturated heterocycles. The van der Waals surface area contributed by atoms with Crippen molar-refractivity contribution in [2.24, 2.45) is 0 Å². The van der Waals surface area contributed by atoms with Crippen molar-refractivity contribution in [1.29, 1.82) is 0 Å². The van der Waals surface area contributed by atoms with Crippen molar-refractivity contribution >= 4 is 21.8 Å². The number of ether oxygens (including phenoxy) is 1. The summed E-state index contributed by atoms with van der Waals surface area (Å²) in [6, 6.07) is 5.72. The van der Waals surface area contributed by atoms with Crippen LogP contribution in [0.5, 0.6) is 5.75 Å². The van der Waals surface area contributed by atoms with Crippen LogP contribution in [0.2, 0.25) is 0 Å². The predicted octanol–water partition coefficient (Wildman–Crippen LogP) is 2.07. The van der Waals surface area contributed by atoms with E-state index < -0.39 is 0 Å². The summed E-state index contributed by atoms with van der Waals surface area (Å²) in [5.41, 5.74) is 1.12. The van der Waals surface area contributed by atoms with Crippen molar-refractivity contribution in [2.45, 2.75) is 19.9 Å². The molecule has 0 saturated carbocycles. The Bertz CT molecular complexity index is 397. The van der Waals surface area contributed by atoms with Crippen LogP contribution in [-0.4, -0.2) is 26.1 Å². The second-order valence-corrected chi connectivity index (χ2v) is 4.75. The van der Waals surface area contributed by atoms with Crippen LogP contribution in [0, 0.1) is 0 Å². The quantitative estimate of drug-likeness (QED) is 0.758. The first-order valence-electron chi connectivity index (χ1n) is 6.00. The van der Waals surface area contributed by atoms with E-state index >= 15 is 0 Å². The zero-order valence-corrected chi connectivity index (χ0v) is 12.3. The number of halogens is 1. The first kappa shape index (κ1) is 15.0. The van der Waals surface area contributed by atoms with Crippen LogP contribution in [0.4, 0.5) is 0 Å². The van der Waals surface area contributed by atoms with Crippen LogP contribution in [-0.2, 0) is 11.3 Å². The molecule has 0 bridgehead atoms. The topological polar surface area (TPSA) is 50.4 Å². The Balaban J connectivity index is 2.59. The van der Waals surface area contributed by atoms with E-state index in [0.29, 0.717) is 5.75 Å². The van der Waals surface area contributed by atoms with Crippen LogP contribution >= 0.6 is 15.9 Å². The molecule has 0 spiro atoms. The Morgan fingerprint density at radius 1 is 1.44 bits per heavy atom. The van der Waals surface area contributed by atoms with E-state index in [0.717, 1.165) is 29.5 Å². The number of nitrogens with one attached hydrogen (secondary N) is 2. The molecule has 1 aromatic rings. The highest BCUT2D eigenvalue weighted by atomic mass is 79.9. The zero-order valence-electron chi connectivity index (χ0n) is 10.8. The van der Waals surface area contributed by atoms with Crippen LogP contribution in [0.15, 0.2) is 22.7 Å². The molecule has 5 heteroatoms. The number of carbonyl (C=O) groups excluding carboxylic acids is 1. The second kappa shape index (κ2) is 8.11. The van der Waals surface area contributed by atoms with Crippen molar-refractivity contribution in [1.82, 2.24) is 10.6 Å². The van der Waals surface area contributed by atoms with E-state index in [4.69, 9.17) is 4.74 Å².